The van der Waals surface area contributed by atoms with E-state index in [0.29, 0.717) is 6.42 Å². The van der Waals surface area contributed by atoms with Crippen molar-refractivity contribution >= 4 is 20.3 Å². The second kappa shape index (κ2) is 6.65. The topological polar surface area (TPSA) is 93.1 Å². The number of carbonyl (C=O) groups excluding carboxylic acids is 2. The molecular formula is C12H14NO6P. The molecule has 1 saturated heterocycles. The molecule has 1 aromatic carbocycles. The van der Waals surface area contributed by atoms with Gasteiger partial charge in [-0.3, -0.25) is 9.36 Å². The summed E-state index contributed by atoms with van der Waals surface area (Å²) < 4.78 is 19.7. The van der Waals surface area contributed by atoms with E-state index in [2.05, 4.69) is 4.52 Å². The number of nitrogens with zero attached hydrogens (tertiary/aromatic N) is 1. The maximum Gasteiger partial charge on any atom is 0.417 e. The summed E-state index contributed by atoms with van der Waals surface area (Å²) in [6.45, 7) is -0.511. The molecule has 1 aliphatic heterocycles. The number of imide groups is 1. The van der Waals surface area contributed by atoms with Crippen LogP contribution in [-0.4, -0.2) is 41.0 Å². The van der Waals surface area contributed by atoms with Crippen LogP contribution in [0.15, 0.2) is 30.3 Å². The molecule has 20 heavy (non-hydrogen) atoms. The maximum absolute atomic E-state index is 11.8. The van der Waals surface area contributed by atoms with Crippen LogP contribution in [0.1, 0.15) is 5.56 Å². The second-order valence-corrected chi connectivity index (χ2v) is 5.06. The fourth-order valence-electron chi connectivity index (χ4n) is 2.00. The number of hydrogen-bond donors (Lipinski definition) is 1. The van der Waals surface area contributed by atoms with Crippen molar-refractivity contribution in [2.24, 2.45) is 0 Å². The number of ether oxygens (including phenoxy) is 1. The van der Waals surface area contributed by atoms with Gasteiger partial charge < -0.3 is 14.2 Å². The van der Waals surface area contributed by atoms with Crippen molar-refractivity contribution in [1.29, 1.82) is 0 Å². The molecule has 7 nitrogen and oxygen atoms in total. The molecule has 2 rings (SSSR count). The summed E-state index contributed by atoms with van der Waals surface area (Å²) in [4.78, 5) is 32.9. The normalized spacial score (nSPS) is 19.8. The molecule has 1 aliphatic rings. The predicted octanol–water partition coefficient (Wildman–Crippen LogP) is 0.975. The van der Waals surface area contributed by atoms with Gasteiger partial charge in [-0.15, -0.1) is 0 Å². The number of amides is 2. The fraction of sp³-hybridized carbons (Fsp3) is 0.333. The highest BCUT2D eigenvalue weighted by atomic mass is 31.1. The minimum absolute atomic E-state index is 0.105. The van der Waals surface area contributed by atoms with Gasteiger partial charge in [0, 0.05) is 0 Å². The van der Waals surface area contributed by atoms with E-state index < -0.39 is 32.9 Å². The van der Waals surface area contributed by atoms with E-state index in [1.807, 2.05) is 30.3 Å². The van der Waals surface area contributed by atoms with Crippen molar-refractivity contribution in [3.63, 3.8) is 0 Å². The van der Waals surface area contributed by atoms with Crippen molar-refractivity contribution < 1.29 is 28.3 Å². The first kappa shape index (κ1) is 14.7. The summed E-state index contributed by atoms with van der Waals surface area (Å²) in [5.74, 6) is -0.680. The van der Waals surface area contributed by atoms with Crippen LogP contribution in [0.2, 0.25) is 0 Å². The molecule has 0 bridgehead atoms. The van der Waals surface area contributed by atoms with Gasteiger partial charge in [-0.25, -0.2) is 9.69 Å². The van der Waals surface area contributed by atoms with E-state index in [0.717, 1.165) is 10.5 Å². The van der Waals surface area contributed by atoms with Gasteiger partial charge in [-0.05, 0) is 12.0 Å². The molecule has 1 aromatic rings. The molecule has 1 N–H and O–H groups in total. The number of rotatable bonds is 5. The first-order chi connectivity index (χ1) is 9.58. The lowest BCUT2D eigenvalue weighted by Gasteiger charge is -2.19. The second-order valence-electron chi connectivity index (χ2n) is 4.24. The third kappa shape index (κ3) is 3.66. The SMILES string of the molecule is O=C(CO[PH](=O)O)N1C(=O)OC[C@@H]1Cc1ccccc1. The minimum Gasteiger partial charge on any atom is -0.447 e. The summed E-state index contributed by atoms with van der Waals surface area (Å²) >= 11 is 0. The number of benzene rings is 1. The average molecular weight is 299 g/mol. The van der Waals surface area contributed by atoms with Crippen molar-refractivity contribution in [3.05, 3.63) is 35.9 Å². The Labute approximate surface area is 116 Å². The Kier molecular flexibility index (Phi) is 4.89. The van der Waals surface area contributed by atoms with E-state index in [9.17, 15) is 14.2 Å². The molecular weight excluding hydrogens is 285 g/mol. The lowest BCUT2D eigenvalue weighted by Crippen LogP contribution is -2.41. The largest absolute Gasteiger partial charge is 0.447 e. The highest BCUT2D eigenvalue weighted by Gasteiger charge is 2.37. The highest BCUT2D eigenvalue weighted by molar-refractivity contribution is 7.32. The van der Waals surface area contributed by atoms with Gasteiger partial charge in [0.15, 0.2) is 0 Å². The molecule has 2 atom stereocenters. The summed E-state index contributed by atoms with van der Waals surface area (Å²) in [6.07, 6.45) is -0.288. The van der Waals surface area contributed by atoms with Crippen LogP contribution in [0.4, 0.5) is 4.79 Å². The van der Waals surface area contributed by atoms with Gasteiger partial charge in [0.05, 0.1) is 6.04 Å². The van der Waals surface area contributed by atoms with E-state index in [1.54, 1.807) is 0 Å². The molecule has 1 unspecified atom stereocenters. The van der Waals surface area contributed by atoms with E-state index in [4.69, 9.17) is 9.63 Å². The summed E-state index contributed by atoms with van der Waals surface area (Å²) in [5, 5.41) is 0. The first-order valence-electron chi connectivity index (χ1n) is 5.96. The fourth-order valence-corrected chi connectivity index (χ4v) is 2.24. The average Bonchev–Trinajstić information content (AvgIpc) is 2.78. The van der Waals surface area contributed by atoms with Crippen LogP contribution >= 0.6 is 8.25 Å². The zero-order valence-corrected chi connectivity index (χ0v) is 11.5. The smallest absolute Gasteiger partial charge is 0.417 e. The zero-order chi connectivity index (χ0) is 14.5. The van der Waals surface area contributed by atoms with Crippen molar-refractivity contribution in [3.8, 4) is 0 Å². The Bertz CT molecular complexity index is 520. The number of carbonyl (C=O) groups is 2. The molecule has 0 radical (unpaired) electrons. The molecule has 2 amide bonds. The van der Waals surface area contributed by atoms with Crippen LogP contribution in [0.5, 0.6) is 0 Å². The zero-order valence-electron chi connectivity index (χ0n) is 10.5. The Hall–Kier alpha value is -1.69. The van der Waals surface area contributed by atoms with Gasteiger partial charge in [0.2, 0.25) is 0 Å². The van der Waals surface area contributed by atoms with Crippen LogP contribution in [0, 0.1) is 0 Å². The molecule has 0 spiro atoms. The quantitative estimate of drug-likeness (QED) is 0.814. The molecule has 8 heteroatoms. The van der Waals surface area contributed by atoms with Gasteiger partial charge in [0.1, 0.15) is 13.2 Å². The molecule has 0 saturated carbocycles. The van der Waals surface area contributed by atoms with Gasteiger partial charge in [0.25, 0.3) is 5.91 Å². The van der Waals surface area contributed by atoms with Crippen LogP contribution < -0.4 is 0 Å². The van der Waals surface area contributed by atoms with Crippen LogP contribution in [0.25, 0.3) is 0 Å². The molecule has 1 heterocycles. The number of cyclic esters (lactones) is 1. The van der Waals surface area contributed by atoms with E-state index >= 15 is 0 Å². The van der Waals surface area contributed by atoms with Gasteiger partial charge >= 0.3 is 14.3 Å². The highest BCUT2D eigenvalue weighted by Crippen LogP contribution is 2.20. The maximum atomic E-state index is 11.8. The van der Waals surface area contributed by atoms with E-state index in [1.165, 1.54) is 0 Å². The predicted molar refractivity (Wildman–Crippen MR) is 69.3 cm³/mol. The minimum atomic E-state index is -3.20. The van der Waals surface area contributed by atoms with Crippen LogP contribution in [-0.2, 0) is 25.0 Å². The van der Waals surface area contributed by atoms with Crippen molar-refractivity contribution in [2.75, 3.05) is 13.2 Å². The van der Waals surface area contributed by atoms with E-state index in [-0.39, 0.29) is 6.61 Å². The van der Waals surface area contributed by atoms with Crippen LogP contribution in [0.3, 0.4) is 0 Å². The van der Waals surface area contributed by atoms with Gasteiger partial charge in [-0.2, -0.15) is 0 Å². The monoisotopic (exact) mass is 299 g/mol. The molecule has 0 aromatic heterocycles. The Morgan fingerprint density at radius 1 is 1.45 bits per heavy atom. The molecule has 108 valence electrons. The van der Waals surface area contributed by atoms with Crippen molar-refractivity contribution in [1.82, 2.24) is 4.90 Å². The standard InChI is InChI=1S/C12H14NO6P/c14-11(8-19-20(16)17)13-10(7-18-12(13)15)6-9-4-2-1-3-5-9/h1-5,10,20H,6-8H2,(H,16,17)/t10-/m0/s1. The molecule has 1 fully saturated rings. The molecule has 0 aliphatic carbocycles. The third-order valence-corrected chi connectivity index (χ3v) is 3.25. The lowest BCUT2D eigenvalue weighted by atomic mass is 10.1. The Morgan fingerprint density at radius 3 is 2.80 bits per heavy atom. The Balaban J connectivity index is 2.03. The summed E-state index contributed by atoms with van der Waals surface area (Å²) in [6, 6.07) is 8.93. The Morgan fingerprint density at radius 2 is 2.15 bits per heavy atom. The third-order valence-electron chi connectivity index (χ3n) is 2.86. The lowest BCUT2D eigenvalue weighted by molar-refractivity contribution is -0.131. The number of hydrogen-bond acceptors (Lipinski definition) is 5. The van der Waals surface area contributed by atoms with Gasteiger partial charge in [-0.1, -0.05) is 30.3 Å². The summed E-state index contributed by atoms with van der Waals surface area (Å²) in [7, 11) is -3.20. The van der Waals surface area contributed by atoms with Crippen molar-refractivity contribution in [2.45, 2.75) is 12.5 Å². The summed E-state index contributed by atoms with van der Waals surface area (Å²) in [5.41, 5.74) is 0.963. The first-order valence-corrected chi connectivity index (χ1v) is 7.22.